The van der Waals surface area contributed by atoms with Crippen molar-refractivity contribution in [3.05, 3.63) is 87.5 Å². The molecule has 0 saturated carbocycles. The summed E-state index contributed by atoms with van der Waals surface area (Å²) in [6, 6.07) is 16.9. The van der Waals surface area contributed by atoms with Gasteiger partial charge in [0.15, 0.2) is 5.82 Å². The summed E-state index contributed by atoms with van der Waals surface area (Å²) in [7, 11) is 0. The van der Waals surface area contributed by atoms with Crippen molar-refractivity contribution in [3.63, 3.8) is 0 Å². The van der Waals surface area contributed by atoms with Crippen LogP contribution in [0.2, 0.25) is 0 Å². The number of carbonyl (C=O) groups is 1. The number of para-hydroxylation sites is 1. The Morgan fingerprint density at radius 3 is 2.53 bits per heavy atom. The zero-order chi connectivity index (χ0) is 22.8. The maximum Gasteiger partial charge on any atom is 0.284 e. The molecule has 4 rings (SSSR count). The summed E-state index contributed by atoms with van der Waals surface area (Å²) in [4.78, 5) is 22.5. The molecule has 0 radical (unpaired) electrons. The van der Waals surface area contributed by atoms with Crippen LogP contribution in [0.3, 0.4) is 0 Å². The Kier molecular flexibility index (Phi) is 5.74. The molecule has 0 unspecified atom stereocenters. The van der Waals surface area contributed by atoms with E-state index in [1.54, 1.807) is 28.8 Å². The predicted molar refractivity (Wildman–Crippen MR) is 121 cm³/mol. The fraction of sp³-hybridized carbons (Fsp3) is 0.0870. The molecule has 0 spiro atoms. The van der Waals surface area contributed by atoms with Gasteiger partial charge < -0.3 is 5.11 Å². The molecule has 0 amide bonds. The Morgan fingerprint density at radius 1 is 1.06 bits per heavy atom. The molecule has 0 fully saturated rings. The number of nitrogens with zero attached hydrogens (tertiary/aromatic N) is 4. The molecule has 0 aliphatic heterocycles. The van der Waals surface area contributed by atoms with Gasteiger partial charge in [-0.3, -0.25) is 19.5 Å². The van der Waals surface area contributed by atoms with Crippen LogP contribution in [0.5, 0.6) is 5.75 Å². The second-order valence-electron chi connectivity index (χ2n) is 7.15. The van der Waals surface area contributed by atoms with E-state index < -0.39 is 4.92 Å². The number of aldehydes is 1. The van der Waals surface area contributed by atoms with E-state index in [9.17, 15) is 20.0 Å². The van der Waals surface area contributed by atoms with Crippen molar-refractivity contribution < 1.29 is 14.8 Å². The van der Waals surface area contributed by atoms with E-state index in [1.807, 2.05) is 32.0 Å². The van der Waals surface area contributed by atoms with E-state index >= 15 is 0 Å². The van der Waals surface area contributed by atoms with E-state index in [0.29, 0.717) is 27.7 Å². The van der Waals surface area contributed by atoms with Gasteiger partial charge in [0.2, 0.25) is 5.16 Å². The highest BCUT2D eigenvalue weighted by Gasteiger charge is 2.23. The first kappa shape index (κ1) is 21.3. The number of phenolic OH excluding ortho intramolecular Hbond substituents is 1. The van der Waals surface area contributed by atoms with Crippen LogP contribution in [0.4, 0.5) is 5.69 Å². The molecular formula is C23H18N4O4S. The fourth-order valence-electron chi connectivity index (χ4n) is 3.38. The molecule has 1 aromatic heterocycles. The number of aromatic nitrogens is 3. The number of nitro groups is 1. The molecule has 8 nitrogen and oxygen atoms in total. The number of hydrogen-bond donors (Lipinski definition) is 1. The van der Waals surface area contributed by atoms with Crippen molar-refractivity contribution in [2.45, 2.75) is 23.9 Å². The van der Waals surface area contributed by atoms with Crippen molar-refractivity contribution in [3.8, 4) is 22.8 Å². The average Bonchev–Trinajstić information content (AvgIpc) is 3.17. The first-order valence-corrected chi connectivity index (χ1v) is 10.4. The molecule has 0 aliphatic carbocycles. The van der Waals surface area contributed by atoms with Crippen LogP contribution < -0.4 is 0 Å². The highest BCUT2D eigenvalue weighted by atomic mass is 32.2. The largest absolute Gasteiger partial charge is 0.507 e. The van der Waals surface area contributed by atoms with Crippen molar-refractivity contribution in [1.82, 2.24) is 14.8 Å². The van der Waals surface area contributed by atoms with Gasteiger partial charge in [0, 0.05) is 11.6 Å². The average molecular weight is 446 g/mol. The lowest BCUT2D eigenvalue weighted by molar-refractivity contribution is -0.387. The molecule has 1 heterocycles. The first-order chi connectivity index (χ1) is 15.4. The van der Waals surface area contributed by atoms with E-state index in [4.69, 9.17) is 0 Å². The van der Waals surface area contributed by atoms with Crippen LogP contribution in [-0.4, -0.2) is 31.1 Å². The van der Waals surface area contributed by atoms with Crippen LogP contribution in [-0.2, 0) is 0 Å². The Morgan fingerprint density at radius 2 is 1.84 bits per heavy atom. The smallest absolute Gasteiger partial charge is 0.284 e. The van der Waals surface area contributed by atoms with Crippen molar-refractivity contribution in [2.24, 2.45) is 0 Å². The number of aryl methyl sites for hydroxylation is 2. The standard InChI is InChI=1S/C23H18N4O4S/c1-14-7-9-18(15(2)11-14)26-22(17-5-3-4-6-20(17)29)24-25-23(26)32-21-10-8-16(13-28)12-19(21)27(30)31/h3-13,29H,1-2H3. The van der Waals surface area contributed by atoms with Gasteiger partial charge in [-0.1, -0.05) is 35.9 Å². The van der Waals surface area contributed by atoms with Crippen LogP contribution in [0, 0.1) is 24.0 Å². The molecule has 0 saturated heterocycles. The van der Waals surface area contributed by atoms with Gasteiger partial charge >= 0.3 is 0 Å². The quantitative estimate of drug-likeness (QED) is 0.248. The Bertz CT molecular complexity index is 1350. The van der Waals surface area contributed by atoms with Crippen LogP contribution in [0.15, 0.2) is 70.7 Å². The van der Waals surface area contributed by atoms with E-state index in [1.165, 1.54) is 18.2 Å². The lowest BCUT2D eigenvalue weighted by Gasteiger charge is -2.14. The summed E-state index contributed by atoms with van der Waals surface area (Å²) < 4.78 is 1.77. The monoisotopic (exact) mass is 446 g/mol. The van der Waals surface area contributed by atoms with Gasteiger partial charge in [0.1, 0.15) is 12.0 Å². The van der Waals surface area contributed by atoms with Gasteiger partial charge in [-0.05, 0) is 55.4 Å². The molecule has 0 aliphatic rings. The Balaban J connectivity index is 1.92. The molecule has 3 aromatic carbocycles. The second kappa shape index (κ2) is 8.64. The molecule has 160 valence electrons. The zero-order valence-corrected chi connectivity index (χ0v) is 18.0. The molecule has 1 N–H and O–H groups in total. The number of nitro benzene ring substituents is 1. The summed E-state index contributed by atoms with van der Waals surface area (Å²) >= 11 is 1.07. The molecule has 9 heteroatoms. The van der Waals surface area contributed by atoms with E-state index in [2.05, 4.69) is 10.2 Å². The Hall–Kier alpha value is -3.98. The minimum atomic E-state index is -0.531. The number of benzene rings is 3. The number of hydrogen-bond acceptors (Lipinski definition) is 7. The van der Waals surface area contributed by atoms with E-state index in [-0.39, 0.29) is 17.0 Å². The van der Waals surface area contributed by atoms with E-state index in [0.717, 1.165) is 28.6 Å². The summed E-state index contributed by atoms with van der Waals surface area (Å²) in [6.45, 7) is 3.94. The number of rotatable bonds is 6. The number of phenols is 1. The van der Waals surface area contributed by atoms with Crippen LogP contribution in [0.25, 0.3) is 17.1 Å². The second-order valence-corrected chi connectivity index (χ2v) is 8.16. The summed E-state index contributed by atoms with van der Waals surface area (Å²) in [5.41, 5.74) is 3.32. The van der Waals surface area contributed by atoms with Gasteiger partial charge in [-0.25, -0.2) is 0 Å². The number of carbonyl (C=O) groups excluding carboxylic acids is 1. The maximum atomic E-state index is 11.6. The Labute approximate surface area is 187 Å². The zero-order valence-electron chi connectivity index (χ0n) is 17.2. The molecule has 0 atom stereocenters. The van der Waals surface area contributed by atoms with Gasteiger partial charge in [0.25, 0.3) is 5.69 Å². The summed E-state index contributed by atoms with van der Waals surface area (Å²) in [5, 5.41) is 31.0. The molecule has 4 aromatic rings. The van der Waals surface area contributed by atoms with Crippen molar-refractivity contribution in [1.29, 1.82) is 0 Å². The van der Waals surface area contributed by atoms with Crippen molar-refractivity contribution in [2.75, 3.05) is 0 Å². The third-order valence-corrected chi connectivity index (χ3v) is 5.90. The third-order valence-electron chi connectivity index (χ3n) is 4.89. The van der Waals surface area contributed by atoms with Crippen LogP contribution >= 0.6 is 11.8 Å². The summed E-state index contributed by atoms with van der Waals surface area (Å²) in [6.07, 6.45) is 0.565. The van der Waals surface area contributed by atoms with Crippen LogP contribution in [0.1, 0.15) is 21.5 Å². The van der Waals surface area contributed by atoms with Crippen molar-refractivity contribution >= 4 is 23.7 Å². The SMILES string of the molecule is Cc1ccc(-n2c(Sc3ccc(C=O)cc3[N+](=O)[O-])nnc2-c2ccccc2O)c(C)c1. The molecule has 0 bridgehead atoms. The minimum absolute atomic E-state index is 0.0452. The fourth-order valence-corrected chi connectivity index (χ4v) is 4.31. The maximum absolute atomic E-state index is 11.6. The topological polar surface area (TPSA) is 111 Å². The normalized spacial score (nSPS) is 10.8. The predicted octanol–water partition coefficient (Wildman–Crippen LogP) is 5.13. The lowest BCUT2D eigenvalue weighted by atomic mass is 10.1. The van der Waals surface area contributed by atoms with Gasteiger partial charge in [-0.15, -0.1) is 10.2 Å². The first-order valence-electron chi connectivity index (χ1n) is 9.62. The molecular weight excluding hydrogens is 428 g/mol. The van der Waals surface area contributed by atoms with Gasteiger partial charge in [-0.2, -0.15) is 0 Å². The molecule has 32 heavy (non-hydrogen) atoms. The third kappa shape index (κ3) is 3.97. The highest BCUT2D eigenvalue weighted by Crippen LogP contribution is 2.39. The summed E-state index contributed by atoms with van der Waals surface area (Å²) in [5.74, 6) is 0.452. The van der Waals surface area contributed by atoms with Gasteiger partial charge in [0.05, 0.1) is 21.1 Å². The lowest BCUT2D eigenvalue weighted by Crippen LogP contribution is -2.03. The number of aromatic hydroxyl groups is 1. The highest BCUT2D eigenvalue weighted by molar-refractivity contribution is 7.99. The minimum Gasteiger partial charge on any atom is -0.507 e.